The molecule has 6 nitrogen and oxygen atoms in total. The molecule has 0 radical (unpaired) electrons. The average Bonchev–Trinajstić information content (AvgIpc) is 3.35. The van der Waals surface area contributed by atoms with Crippen molar-refractivity contribution in [1.29, 1.82) is 0 Å². The van der Waals surface area contributed by atoms with Crippen LogP contribution in [0.4, 0.5) is 5.69 Å². The van der Waals surface area contributed by atoms with Crippen LogP contribution >= 0.6 is 0 Å². The van der Waals surface area contributed by atoms with Crippen LogP contribution in [0.15, 0.2) is 54.6 Å². The monoisotopic (exact) mass is 435 g/mol. The summed E-state index contributed by atoms with van der Waals surface area (Å²) < 4.78 is 5.21. The van der Waals surface area contributed by atoms with Gasteiger partial charge >= 0.3 is 0 Å². The Morgan fingerprint density at radius 1 is 0.969 bits per heavy atom. The molecule has 0 spiro atoms. The number of benzene rings is 2. The van der Waals surface area contributed by atoms with Crippen LogP contribution in [0.2, 0.25) is 0 Å². The first-order valence-electron chi connectivity index (χ1n) is 11.6. The van der Waals surface area contributed by atoms with Gasteiger partial charge in [0.1, 0.15) is 5.75 Å². The Balaban J connectivity index is 1.38. The summed E-state index contributed by atoms with van der Waals surface area (Å²) in [5.74, 6) is 1.37. The Labute approximate surface area is 190 Å². The molecule has 2 aliphatic rings. The largest absolute Gasteiger partial charge is 0.497 e. The first-order valence-corrected chi connectivity index (χ1v) is 11.6. The minimum atomic E-state index is -0.147. The van der Waals surface area contributed by atoms with Crippen LogP contribution in [0.3, 0.4) is 0 Å². The number of carbonyl (C=O) groups excluding carboxylic acids is 2. The van der Waals surface area contributed by atoms with Crippen LogP contribution in [-0.2, 0) is 16.0 Å². The fraction of sp³-hybridized carbons (Fsp3) is 0.462. The third-order valence-corrected chi connectivity index (χ3v) is 6.73. The molecule has 1 saturated heterocycles. The summed E-state index contributed by atoms with van der Waals surface area (Å²) in [4.78, 5) is 30.3. The van der Waals surface area contributed by atoms with Crippen molar-refractivity contribution >= 4 is 17.5 Å². The van der Waals surface area contributed by atoms with Gasteiger partial charge in [0, 0.05) is 31.9 Å². The maximum atomic E-state index is 13.3. The van der Waals surface area contributed by atoms with E-state index >= 15 is 0 Å². The highest BCUT2D eigenvalue weighted by Crippen LogP contribution is 2.32. The van der Waals surface area contributed by atoms with Crippen molar-refractivity contribution in [2.75, 3.05) is 38.6 Å². The molecule has 0 aromatic heterocycles. The number of hydrogen-bond donors (Lipinski definition) is 1. The van der Waals surface area contributed by atoms with E-state index in [4.69, 9.17) is 4.74 Å². The topological polar surface area (TPSA) is 61.9 Å². The van der Waals surface area contributed by atoms with Gasteiger partial charge in [0.25, 0.3) is 0 Å². The van der Waals surface area contributed by atoms with Gasteiger partial charge in [-0.05, 0) is 48.6 Å². The molecule has 1 aliphatic heterocycles. The van der Waals surface area contributed by atoms with Crippen molar-refractivity contribution in [3.8, 4) is 5.75 Å². The van der Waals surface area contributed by atoms with E-state index in [2.05, 4.69) is 10.2 Å². The summed E-state index contributed by atoms with van der Waals surface area (Å²) in [5, 5.41) is 3.12. The molecule has 2 fully saturated rings. The number of nitrogens with zero attached hydrogens (tertiary/aromatic N) is 2. The van der Waals surface area contributed by atoms with Crippen LogP contribution in [0.25, 0.3) is 0 Å². The summed E-state index contributed by atoms with van der Waals surface area (Å²) in [5.41, 5.74) is 1.83. The van der Waals surface area contributed by atoms with E-state index in [1.54, 1.807) is 7.11 Å². The Morgan fingerprint density at radius 2 is 1.62 bits per heavy atom. The van der Waals surface area contributed by atoms with Gasteiger partial charge in [-0.25, -0.2) is 0 Å². The third-order valence-electron chi connectivity index (χ3n) is 6.73. The Kier molecular flexibility index (Phi) is 7.43. The van der Waals surface area contributed by atoms with Gasteiger partial charge in [-0.1, -0.05) is 43.2 Å². The minimum Gasteiger partial charge on any atom is -0.497 e. The molecule has 2 aromatic rings. The third kappa shape index (κ3) is 5.49. The van der Waals surface area contributed by atoms with E-state index in [9.17, 15) is 9.59 Å². The van der Waals surface area contributed by atoms with Gasteiger partial charge in [-0.3, -0.25) is 14.5 Å². The van der Waals surface area contributed by atoms with E-state index in [1.165, 1.54) is 12.8 Å². The Hall–Kier alpha value is -2.86. The summed E-state index contributed by atoms with van der Waals surface area (Å²) in [6.45, 7) is 2.81. The predicted molar refractivity (Wildman–Crippen MR) is 126 cm³/mol. The minimum absolute atomic E-state index is 0.0612. The van der Waals surface area contributed by atoms with Crippen molar-refractivity contribution < 1.29 is 14.3 Å². The Bertz CT molecular complexity index is 886. The Morgan fingerprint density at radius 3 is 2.25 bits per heavy atom. The summed E-state index contributed by atoms with van der Waals surface area (Å²) in [7, 11) is 1.63. The van der Waals surface area contributed by atoms with E-state index < -0.39 is 0 Å². The maximum Gasteiger partial charge on any atom is 0.242 e. The van der Waals surface area contributed by atoms with Crippen molar-refractivity contribution in [3.63, 3.8) is 0 Å². The standard InChI is InChI=1S/C26H33N3O3/c1-32-23-13-11-22(12-14-23)27-26(31)25(21-9-5-6-10-21)29-17-15-28(16-18-29)24(30)19-20-7-3-2-4-8-20/h2-4,7-8,11-14,21,25H,5-6,9-10,15-19H2,1H3,(H,27,31). The molecule has 1 saturated carbocycles. The molecule has 1 atom stereocenters. The molecule has 4 rings (SSSR count). The predicted octanol–water partition coefficient (Wildman–Crippen LogP) is 3.58. The van der Waals surface area contributed by atoms with Crippen LogP contribution in [0.1, 0.15) is 31.2 Å². The number of methoxy groups -OCH3 is 1. The lowest BCUT2D eigenvalue weighted by molar-refractivity contribution is -0.133. The summed E-state index contributed by atoms with van der Waals surface area (Å²) in [6.07, 6.45) is 4.99. The molecular weight excluding hydrogens is 402 g/mol. The van der Waals surface area contributed by atoms with Crippen molar-refractivity contribution in [3.05, 3.63) is 60.2 Å². The van der Waals surface area contributed by atoms with Crippen LogP contribution < -0.4 is 10.1 Å². The van der Waals surface area contributed by atoms with Crippen LogP contribution in [0.5, 0.6) is 5.75 Å². The molecule has 2 aromatic carbocycles. The second-order valence-corrected chi connectivity index (χ2v) is 8.79. The van der Waals surface area contributed by atoms with Gasteiger partial charge < -0.3 is 15.0 Å². The quantitative estimate of drug-likeness (QED) is 0.722. The van der Waals surface area contributed by atoms with Gasteiger partial charge in [-0.2, -0.15) is 0 Å². The SMILES string of the molecule is COc1ccc(NC(=O)C(C2CCCC2)N2CCN(C(=O)Cc3ccccc3)CC2)cc1. The zero-order chi connectivity index (χ0) is 22.3. The summed E-state index contributed by atoms with van der Waals surface area (Å²) >= 11 is 0. The highest BCUT2D eigenvalue weighted by Gasteiger charge is 2.37. The molecule has 2 amide bonds. The molecular formula is C26H33N3O3. The fourth-order valence-corrected chi connectivity index (χ4v) is 4.97. The first-order chi connectivity index (χ1) is 15.6. The van der Waals surface area contributed by atoms with Crippen molar-refractivity contribution in [2.24, 2.45) is 5.92 Å². The molecule has 1 N–H and O–H groups in total. The van der Waals surface area contributed by atoms with E-state index in [1.807, 2.05) is 59.5 Å². The number of hydrogen-bond acceptors (Lipinski definition) is 4. The van der Waals surface area contributed by atoms with E-state index in [0.29, 0.717) is 25.4 Å². The zero-order valence-corrected chi connectivity index (χ0v) is 18.8. The second kappa shape index (κ2) is 10.6. The smallest absolute Gasteiger partial charge is 0.242 e. The van der Waals surface area contributed by atoms with Gasteiger partial charge in [0.05, 0.1) is 19.6 Å². The molecule has 170 valence electrons. The molecule has 6 heteroatoms. The average molecular weight is 436 g/mol. The number of nitrogens with one attached hydrogen (secondary N) is 1. The lowest BCUT2D eigenvalue weighted by Gasteiger charge is -2.40. The number of piperazine rings is 1. The first kappa shape index (κ1) is 22.3. The van der Waals surface area contributed by atoms with Gasteiger partial charge in [0.2, 0.25) is 11.8 Å². The van der Waals surface area contributed by atoms with E-state index in [0.717, 1.165) is 42.9 Å². The van der Waals surface area contributed by atoms with E-state index in [-0.39, 0.29) is 17.9 Å². The fourth-order valence-electron chi connectivity index (χ4n) is 4.97. The highest BCUT2D eigenvalue weighted by atomic mass is 16.5. The van der Waals surface area contributed by atoms with Gasteiger partial charge in [0.15, 0.2) is 0 Å². The molecule has 0 bridgehead atoms. The highest BCUT2D eigenvalue weighted by molar-refractivity contribution is 5.95. The molecule has 1 aliphatic carbocycles. The number of amides is 2. The van der Waals surface area contributed by atoms with Crippen LogP contribution in [0, 0.1) is 5.92 Å². The van der Waals surface area contributed by atoms with Crippen molar-refractivity contribution in [1.82, 2.24) is 9.80 Å². The lowest BCUT2D eigenvalue weighted by Crippen LogP contribution is -2.57. The molecule has 1 heterocycles. The normalized spacial score (nSPS) is 18.3. The van der Waals surface area contributed by atoms with Crippen LogP contribution in [-0.4, -0.2) is 60.9 Å². The molecule has 1 unspecified atom stereocenters. The lowest BCUT2D eigenvalue weighted by atomic mass is 9.94. The number of anilines is 1. The number of carbonyl (C=O) groups is 2. The maximum absolute atomic E-state index is 13.3. The number of rotatable bonds is 7. The number of ether oxygens (including phenoxy) is 1. The second-order valence-electron chi connectivity index (χ2n) is 8.79. The van der Waals surface area contributed by atoms with Crippen molar-refractivity contribution in [2.45, 2.75) is 38.1 Å². The summed E-state index contributed by atoms with van der Waals surface area (Å²) in [6, 6.07) is 17.2. The van der Waals surface area contributed by atoms with Gasteiger partial charge in [-0.15, -0.1) is 0 Å². The zero-order valence-electron chi connectivity index (χ0n) is 18.8. The molecule has 32 heavy (non-hydrogen) atoms.